The minimum Gasteiger partial charge on any atom is -0.308 e. The fraction of sp³-hybridized carbons (Fsp3) is 0.684. The molecule has 1 atom stereocenters. The zero-order chi connectivity index (χ0) is 15.3. The second kappa shape index (κ2) is 7.42. The van der Waals surface area contributed by atoms with Gasteiger partial charge in [0.25, 0.3) is 0 Å². The number of benzene rings is 1. The van der Waals surface area contributed by atoms with Gasteiger partial charge in [0.15, 0.2) is 0 Å². The van der Waals surface area contributed by atoms with Gasteiger partial charge in [-0.15, -0.1) is 0 Å². The molecule has 0 radical (unpaired) electrons. The first-order valence-corrected chi connectivity index (χ1v) is 8.47. The van der Waals surface area contributed by atoms with Crippen LogP contribution in [0, 0.1) is 5.92 Å². The highest BCUT2D eigenvalue weighted by Gasteiger charge is 2.14. The number of nitrogens with zero attached hydrogens (tertiary/aromatic N) is 1. The first kappa shape index (κ1) is 16.5. The summed E-state index contributed by atoms with van der Waals surface area (Å²) >= 11 is 0. The molecule has 0 saturated carbocycles. The molecule has 2 nitrogen and oxygen atoms in total. The number of hydrogen-bond acceptors (Lipinski definition) is 2. The molecule has 118 valence electrons. The summed E-state index contributed by atoms with van der Waals surface area (Å²) in [5.74, 6) is 0.904. The lowest BCUT2D eigenvalue weighted by Gasteiger charge is -2.21. The van der Waals surface area contributed by atoms with Crippen molar-refractivity contribution in [2.75, 3.05) is 13.1 Å². The van der Waals surface area contributed by atoms with Crippen molar-refractivity contribution in [2.45, 2.75) is 65.6 Å². The summed E-state index contributed by atoms with van der Waals surface area (Å²) in [6.07, 6.45) is 4.11. The predicted molar refractivity (Wildman–Crippen MR) is 91.3 cm³/mol. The minimum atomic E-state index is 0.182. The Balaban J connectivity index is 1.84. The minimum absolute atomic E-state index is 0.182. The van der Waals surface area contributed by atoms with Gasteiger partial charge in [-0.2, -0.15) is 0 Å². The zero-order valence-electron chi connectivity index (χ0n) is 14.3. The monoisotopic (exact) mass is 288 g/mol. The van der Waals surface area contributed by atoms with Crippen LogP contribution >= 0.6 is 0 Å². The van der Waals surface area contributed by atoms with Crippen LogP contribution in [0.25, 0.3) is 0 Å². The summed E-state index contributed by atoms with van der Waals surface area (Å²) in [5.41, 5.74) is 3.00. The molecule has 1 aliphatic rings. The lowest BCUT2D eigenvalue weighted by molar-refractivity contribution is 0.273. The molecule has 0 aromatic heterocycles. The first-order valence-electron chi connectivity index (χ1n) is 8.47. The van der Waals surface area contributed by atoms with Gasteiger partial charge in [0, 0.05) is 18.6 Å². The van der Waals surface area contributed by atoms with E-state index in [1.165, 1.54) is 43.5 Å². The van der Waals surface area contributed by atoms with Crippen LogP contribution in [0.2, 0.25) is 0 Å². The van der Waals surface area contributed by atoms with Gasteiger partial charge in [-0.3, -0.25) is 4.90 Å². The highest BCUT2D eigenvalue weighted by Crippen LogP contribution is 2.18. The smallest absolute Gasteiger partial charge is 0.0233 e. The molecule has 0 amide bonds. The summed E-state index contributed by atoms with van der Waals surface area (Å²) < 4.78 is 0. The van der Waals surface area contributed by atoms with Crippen LogP contribution in [-0.2, 0) is 13.1 Å². The molecule has 1 saturated heterocycles. The molecular weight excluding hydrogens is 256 g/mol. The van der Waals surface area contributed by atoms with Crippen molar-refractivity contribution in [1.29, 1.82) is 0 Å². The largest absolute Gasteiger partial charge is 0.308 e. The Hall–Kier alpha value is -0.860. The quantitative estimate of drug-likeness (QED) is 0.893. The summed E-state index contributed by atoms with van der Waals surface area (Å²) in [4.78, 5) is 2.62. The number of rotatable bonds is 4. The van der Waals surface area contributed by atoms with E-state index in [9.17, 15) is 0 Å². The molecule has 2 heteroatoms. The molecule has 2 rings (SSSR count). The van der Waals surface area contributed by atoms with E-state index >= 15 is 0 Å². The molecule has 1 aromatic rings. The fourth-order valence-electron chi connectivity index (χ4n) is 2.87. The van der Waals surface area contributed by atoms with Gasteiger partial charge in [-0.25, -0.2) is 0 Å². The normalized spacial score (nSPS) is 21.2. The number of likely N-dealkylation sites (tertiary alicyclic amines) is 1. The van der Waals surface area contributed by atoms with E-state index in [0.717, 1.165) is 19.0 Å². The lowest BCUT2D eigenvalue weighted by Crippen LogP contribution is -2.35. The third-order valence-electron chi connectivity index (χ3n) is 4.36. The van der Waals surface area contributed by atoms with Crippen molar-refractivity contribution >= 4 is 0 Å². The van der Waals surface area contributed by atoms with Crippen LogP contribution < -0.4 is 5.32 Å². The van der Waals surface area contributed by atoms with E-state index in [2.05, 4.69) is 62.2 Å². The van der Waals surface area contributed by atoms with Gasteiger partial charge in [0.05, 0.1) is 0 Å². The van der Waals surface area contributed by atoms with Crippen molar-refractivity contribution in [3.8, 4) is 0 Å². The van der Waals surface area contributed by atoms with Crippen molar-refractivity contribution in [1.82, 2.24) is 10.2 Å². The topological polar surface area (TPSA) is 15.3 Å². The summed E-state index contributed by atoms with van der Waals surface area (Å²) in [7, 11) is 0. The van der Waals surface area contributed by atoms with Gasteiger partial charge in [-0.1, -0.05) is 31.2 Å². The van der Waals surface area contributed by atoms with E-state index in [0.29, 0.717) is 0 Å². The molecule has 1 fully saturated rings. The van der Waals surface area contributed by atoms with E-state index < -0.39 is 0 Å². The standard InChI is InChI=1S/C19H32N2/c1-16-6-5-12-21(13-11-16)15-18-9-7-17(8-10-18)14-20-19(2,3)4/h7-10,16,20H,5-6,11-15H2,1-4H3. The molecule has 1 unspecified atom stereocenters. The van der Waals surface area contributed by atoms with Crippen LogP contribution in [0.1, 0.15) is 58.1 Å². The molecule has 21 heavy (non-hydrogen) atoms. The van der Waals surface area contributed by atoms with Gasteiger partial charge in [0.2, 0.25) is 0 Å². The zero-order valence-corrected chi connectivity index (χ0v) is 14.3. The average molecular weight is 288 g/mol. The lowest BCUT2D eigenvalue weighted by atomic mass is 10.0. The molecule has 0 spiro atoms. The van der Waals surface area contributed by atoms with Gasteiger partial charge >= 0.3 is 0 Å². The molecule has 0 bridgehead atoms. The Bertz CT molecular complexity index is 416. The summed E-state index contributed by atoms with van der Waals surface area (Å²) in [6, 6.07) is 9.14. The van der Waals surface area contributed by atoms with Gasteiger partial charge in [-0.05, 0) is 70.2 Å². The van der Waals surface area contributed by atoms with Crippen LogP contribution in [-0.4, -0.2) is 23.5 Å². The number of nitrogens with one attached hydrogen (secondary N) is 1. The van der Waals surface area contributed by atoms with Crippen LogP contribution in [0.4, 0.5) is 0 Å². The molecule has 0 aliphatic carbocycles. The van der Waals surface area contributed by atoms with E-state index in [4.69, 9.17) is 0 Å². The van der Waals surface area contributed by atoms with E-state index in [1.54, 1.807) is 0 Å². The Morgan fingerprint density at radius 3 is 2.38 bits per heavy atom. The number of hydrogen-bond donors (Lipinski definition) is 1. The van der Waals surface area contributed by atoms with E-state index in [-0.39, 0.29) is 5.54 Å². The summed E-state index contributed by atoms with van der Waals surface area (Å²) in [5, 5.41) is 3.54. The first-order chi connectivity index (χ1) is 9.92. The van der Waals surface area contributed by atoms with E-state index in [1.807, 2.05) is 0 Å². The van der Waals surface area contributed by atoms with Crippen molar-refractivity contribution in [3.63, 3.8) is 0 Å². The predicted octanol–water partition coefficient (Wildman–Crippen LogP) is 4.20. The van der Waals surface area contributed by atoms with Crippen LogP contribution in [0.3, 0.4) is 0 Å². The molecule has 1 heterocycles. The molecular formula is C19H32N2. The maximum atomic E-state index is 3.54. The molecule has 1 N–H and O–H groups in total. The average Bonchev–Trinajstić information content (AvgIpc) is 2.62. The fourth-order valence-corrected chi connectivity index (χ4v) is 2.87. The van der Waals surface area contributed by atoms with Crippen LogP contribution in [0.5, 0.6) is 0 Å². The maximum absolute atomic E-state index is 3.54. The second-order valence-electron chi connectivity index (χ2n) is 7.73. The van der Waals surface area contributed by atoms with Crippen LogP contribution in [0.15, 0.2) is 24.3 Å². The Morgan fingerprint density at radius 2 is 1.71 bits per heavy atom. The van der Waals surface area contributed by atoms with Crippen molar-refractivity contribution in [2.24, 2.45) is 5.92 Å². The molecule has 1 aliphatic heterocycles. The highest BCUT2D eigenvalue weighted by molar-refractivity contribution is 5.22. The Morgan fingerprint density at radius 1 is 1.05 bits per heavy atom. The highest BCUT2D eigenvalue weighted by atomic mass is 15.1. The third-order valence-corrected chi connectivity index (χ3v) is 4.36. The summed E-state index contributed by atoms with van der Waals surface area (Å²) in [6.45, 7) is 13.6. The molecule has 1 aromatic carbocycles. The maximum Gasteiger partial charge on any atom is 0.0233 e. The Kier molecular flexibility index (Phi) is 5.83. The SMILES string of the molecule is CC1CCCN(Cc2ccc(CNC(C)(C)C)cc2)CC1. The third kappa shape index (κ3) is 6.19. The van der Waals surface area contributed by atoms with Gasteiger partial charge < -0.3 is 5.32 Å². The van der Waals surface area contributed by atoms with Crippen molar-refractivity contribution < 1.29 is 0 Å². The Labute approximate surface area is 130 Å². The van der Waals surface area contributed by atoms with Gasteiger partial charge in [0.1, 0.15) is 0 Å². The van der Waals surface area contributed by atoms with Crippen molar-refractivity contribution in [3.05, 3.63) is 35.4 Å². The second-order valence-corrected chi connectivity index (χ2v) is 7.73.